The van der Waals surface area contributed by atoms with E-state index in [1.807, 2.05) is 19.1 Å². The number of aliphatic hydroxyl groups is 1. The first kappa shape index (κ1) is 9.93. The van der Waals surface area contributed by atoms with Gasteiger partial charge in [0.2, 0.25) is 0 Å². The van der Waals surface area contributed by atoms with Crippen molar-refractivity contribution in [3.05, 3.63) is 22.8 Å². The molecule has 2 rings (SSSR count). The molecular weight excluding hydrogens is 244 g/mol. The van der Waals surface area contributed by atoms with E-state index in [1.54, 1.807) is 6.20 Å². The second-order valence-corrected chi connectivity index (χ2v) is 4.68. The van der Waals surface area contributed by atoms with Gasteiger partial charge in [0.15, 0.2) is 0 Å². The van der Waals surface area contributed by atoms with Gasteiger partial charge in [-0.3, -0.25) is 0 Å². The summed E-state index contributed by atoms with van der Waals surface area (Å²) in [4.78, 5) is 6.35. The molecule has 0 bridgehead atoms. The second-order valence-electron chi connectivity index (χ2n) is 3.77. The molecule has 0 radical (unpaired) electrons. The van der Waals surface area contributed by atoms with Gasteiger partial charge in [0.05, 0.1) is 5.60 Å². The highest BCUT2D eigenvalue weighted by Gasteiger charge is 2.39. The Morgan fingerprint density at radius 2 is 2.29 bits per heavy atom. The van der Waals surface area contributed by atoms with Crippen LogP contribution in [0.3, 0.4) is 0 Å². The molecule has 0 aromatic carbocycles. The smallest absolute Gasteiger partial charge is 0.128 e. The summed E-state index contributed by atoms with van der Waals surface area (Å²) in [7, 11) is 0. The highest BCUT2D eigenvalue weighted by molar-refractivity contribution is 9.10. The SMILES string of the molecule is CCC1(O)CN(c2ccc(Br)cn2)C1. The van der Waals surface area contributed by atoms with Crippen molar-refractivity contribution in [1.82, 2.24) is 4.98 Å². The van der Waals surface area contributed by atoms with Crippen molar-refractivity contribution in [2.24, 2.45) is 0 Å². The Morgan fingerprint density at radius 1 is 1.57 bits per heavy atom. The quantitative estimate of drug-likeness (QED) is 0.877. The summed E-state index contributed by atoms with van der Waals surface area (Å²) in [6.45, 7) is 3.39. The van der Waals surface area contributed by atoms with Gasteiger partial charge in [-0.05, 0) is 34.5 Å². The third kappa shape index (κ3) is 1.77. The molecule has 1 saturated heterocycles. The zero-order chi connectivity index (χ0) is 10.2. The zero-order valence-corrected chi connectivity index (χ0v) is 9.66. The van der Waals surface area contributed by atoms with Crippen molar-refractivity contribution >= 4 is 21.7 Å². The van der Waals surface area contributed by atoms with E-state index in [0.29, 0.717) is 13.1 Å². The second kappa shape index (κ2) is 3.51. The summed E-state index contributed by atoms with van der Waals surface area (Å²) >= 11 is 3.34. The van der Waals surface area contributed by atoms with Crippen molar-refractivity contribution in [1.29, 1.82) is 0 Å². The zero-order valence-electron chi connectivity index (χ0n) is 8.07. The van der Waals surface area contributed by atoms with E-state index in [0.717, 1.165) is 16.7 Å². The third-order valence-electron chi connectivity index (χ3n) is 2.66. The van der Waals surface area contributed by atoms with Crippen LogP contribution in [-0.4, -0.2) is 28.8 Å². The van der Waals surface area contributed by atoms with Crippen LogP contribution in [0, 0.1) is 0 Å². The lowest BCUT2D eigenvalue weighted by atomic mass is 9.91. The Morgan fingerprint density at radius 3 is 2.79 bits per heavy atom. The van der Waals surface area contributed by atoms with Gasteiger partial charge in [-0.25, -0.2) is 4.98 Å². The van der Waals surface area contributed by atoms with E-state index >= 15 is 0 Å². The summed E-state index contributed by atoms with van der Waals surface area (Å²) < 4.78 is 0.979. The molecule has 0 saturated carbocycles. The number of rotatable bonds is 2. The van der Waals surface area contributed by atoms with Crippen LogP contribution >= 0.6 is 15.9 Å². The molecule has 0 aliphatic carbocycles. The standard InChI is InChI=1S/C10H13BrN2O/c1-2-10(14)6-13(7-10)9-4-3-8(11)5-12-9/h3-5,14H,2,6-7H2,1H3. The molecule has 0 amide bonds. The van der Waals surface area contributed by atoms with E-state index in [-0.39, 0.29) is 0 Å². The first-order valence-corrected chi connectivity index (χ1v) is 5.51. The molecule has 2 heterocycles. The maximum Gasteiger partial charge on any atom is 0.128 e. The lowest BCUT2D eigenvalue weighted by Crippen LogP contribution is -2.61. The van der Waals surface area contributed by atoms with E-state index in [1.165, 1.54) is 0 Å². The highest BCUT2D eigenvalue weighted by atomic mass is 79.9. The lowest BCUT2D eigenvalue weighted by Gasteiger charge is -2.46. The normalized spacial score (nSPS) is 19.2. The summed E-state index contributed by atoms with van der Waals surface area (Å²) in [5.74, 6) is 0.936. The fourth-order valence-electron chi connectivity index (χ4n) is 1.60. The van der Waals surface area contributed by atoms with E-state index < -0.39 is 5.60 Å². The lowest BCUT2D eigenvalue weighted by molar-refractivity contribution is 0.00806. The first-order valence-electron chi connectivity index (χ1n) is 4.72. The molecule has 4 heteroatoms. The third-order valence-corrected chi connectivity index (χ3v) is 3.13. The maximum absolute atomic E-state index is 9.83. The Hall–Kier alpha value is -0.610. The number of pyridine rings is 1. The van der Waals surface area contributed by atoms with Crippen molar-refractivity contribution in [3.63, 3.8) is 0 Å². The molecule has 3 nitrogen and oxygen atoms in total. The summed E-state index contributed by atoms with van der Waals surface area (Å²) in [5.41, 5.74) is -0.491. The molecule has 1 aromatic heterocycles. The average Bonchev–Trinajstić information content (AvgIpc) is 2.15. The van der Waals surface area contributed by atoms with Gasteiger partial charge >= 0.3 is 0 Å². The van der Waals surface area contributed by atoms with Crippen molar-refractivity contribution in [3.8, 4) is 0 Å². The predicted octanol–water partition coefficient (Wildman–Crippen LogP) is 1.81. The number of halogens is 1. The van der Waals surface area contributed by atoms with Gasteiger partial charge in [0.1, 0.15) is 5.82 Å². The molecule has 1 aliphatic rings. The van der Waals surface area contributed by atoms with E-state index in [2.05, 4.69) is 25.8 Å². The van der Waals surface area contributed by atoms with E-state index in [9.17, 15) is 5.11 Å². The van der Waals surface area contributed by atoms with Crippen LogP contribution < -0.4 is 4.90 Å². The van der Waals surface area contributed by atoms with Crippen LogP contribution in [-0.2, 0) is 0 Å². The Labute approximate surface area is 91.9 Å². The summed E-state index contributed by atoms with van der Waals surface area (Å²) in [5, 5.41) is 9.83. The maximum atomic E-state index is 9.83. The summed E-state index contributed by atoms with van der Waals surface area (Å²) in [6, 6.07) is 3.92. The first-order chi connectivity index (χ1) is 6.63. The molecule has 76 valence electrons. The average molecular weight is 257 g/mol. The molecule has 0 spiro atoms. The van der Waals surface area contributed by atoms with Gasteiger partial charge in [-0.15, -0.1) is 0 Å². The highest BCUT2D eigenvalue weighted by Crippen LogP contribution is 2.28. The molecule has 1 aliphatic heterocycles. The fraction of sp³-hybridized carbons (Fsp3) is 0.500. The van der Waals surface area contributed by atoms with Gasteiger partial charge in [0.25, 0.3) is 0 Å². The molecule has 1 aromatic rings. The monoisotopic (exact) mass is 256 g/mol. The Bertz CT molecular complexity index is 319. The van der Waals surface area contributed by atoms with Gasteiger partial charge < -0.3 is 10.0 Å². The van der Waals surface area contributed by atoms with Crippen LogP contribution in [0.15, 0.2) is 22.8 Å². The van der Waals surface area contributed by atoms with Crippen LogP contribution in [0.5, 0.6) is 0 Å². The topological polar surface area (TPSA) is 36.4 Å². The number of β-amino-alcohol motifs (C(OH)–C–C–N with tert-alkyl or cyclic N) is 1. The van der Waals surface area contributed by atoms with Crippen LogP contribution in [0.2, 0.25) is 0 Å². The van der Waals surface area contributed by atoms with Crippen LogP contribution in [0.25, 0.3) is 0 Å². The summed E-state index contributed by atoms with van der Waals surface area (Å²) in [6.07, 6.45) is 2.58. The minimum atomic E-state index is -0.491. The largest absolute Gasteiger partial charge is 0.386 e. The number of aromatic nitrogens is 1. The molecule has 1 N–H and O–H groups in total. The predicted molar refractivity (Wildman–Crippen MR) is 59.4 cm³/mol. The van der Waals surface area contributed by atoms with Gasteiger partial charge in [0, 0.05) is 23.8 Å². The molecule has 0 unspecified atom stereocenters. The molecule has 1 fully saturated rings. The molecular formula is C10H13BrN2O. The Balaban J connectivity index is 2.03. The minimum absolute atomic E-state index is 0.491. The van der Waals surface area contributed by atoms with Crippen molar-refractivity contribution in [2.45, 2.75) is 18.9 Å². The van der Waals surface area contributed by atoms with Crippen molar-refractivity contribution in [2.75, 3.05) is 18.0 Å². The molecule has 14 heavy (non-hydrogen) atoms. The Kier molecular flexibility index (Phi) is 2.49. The van der Waals surface area contributed by atoms with Crippen molar-refractivity contribution < 1.29 is 5.11 Å². The number of hydrogen-bond acceptors (Lipinski definition) is 3. The number of nitrogens with zero attached hydrogens (tertiary/aromatic N) is 2. The number of anilines is 1. The fourth-order valence-corrected chi connectivity index (χ4v) is 1.84. The van der Waals surface area contributed by atoms with E-state index in [4.69, 9.17) is 0 Å². The van der Waals surface area contributed by atoms with Crippen LogP contribution in [0.1, 0.15) is 13.3 Å². The van der Waals surface area contributed by atoms with Crippen LogP contribution in [0.4, 0.5) is 5.82 Å². The number of hydrogen-bond donors (Lipinski definition) is 1. The minimum Gasteiger partial charge on any atom is -0.386 e. The van der Waals surface area contributed by atoms with Gasteiger partial charge in [-0.1, -0.05) is 6.92 Å². The molecule has 0 atom stereocenters. The van der Waals surface area contributed by atoms with Gasteiger partial charge in [-0.2, -0.15) is 0 Å².